The van der Waals surface area contributed by atoms with Crippen molar-refractivity contribution in [1.82, 2.24) is 36.2 Å². The van der Waals surface area contributed by atoms with E-state index in [0.29, 0.717) is 61.3 Å². The molecule has 0 radical (unpaired) electrons. The molecule has 3 aromatic carbocycles. The number of nitrogens with two attached hydrogens (primary N) is 1. The quantitative estimate of drug-likeness (QED) is 0.168. The first-order valence-electron chi connectivity index (χ1n) is 16.4. The lowest BCUT2D eigenvalue weighted by molar-refractivity contribution is -0.130. The fraction of sp³-hybridized carbons (Fsp3) is 0.371. The highest BCUT2D eigenvalue weighted by molar-refractivity contribution is 5.98. The van der Waals surface area contributed by atoms with Crippen LogP contribution in [0.3, 0.4) is 0 Å². The minimum absolute atomic E-state index is 0. The van der Waals surface area contributed by atoms with Gasteiger partial charge < -0.3 is 26.6 Å². The molecule has 2 aliphatic rings. The normalized spacial score (nSPS) is 18.2. The van der Waals surface area contributed by atoms with Crippen molar-refractivity contribution in [1.29, 1.82) is 0 Å². The number of benzene rings is 3. The predicted molar refractivity (Wildman–Crippen MR) is 186 cm³/mol. The number of nitrogens with one attached hydrogen (secondary N) is 4. The number of carbonyl (C=O) groups is 3. The zero-order valence-electron chi connectivity index (χ0n) is 27.0. The average molecular weight is 690 g/mol. The summed E-state index contributed by atoms with van der Waals surface area (Å²) in [5.41, 5.74) is 8.88. The fourth-order valence-electron chi connectivity index (χ4n) is 6.39. The van der Waals surface area contributed by atoms with E-state index in [4.69, 9.17) is 5.73 Å². The minimum atomic E-state index is -0.857. The van der Waals surface area contributed by atoms with Crippen molar-refractivity contribution in [3.8, 4) is 22.5 Å². The molecule has 0 bridgehead atoms. The molecule has 3 amide bonds. The molecule has 258 valence electrons. The van der Waals surface area contributed by atoms with Crippen LogP contribution in [0.25, 0.3) is 22.5 Å². The number of tetrazole rings is 1. The smallest absolute Gasteiger partial charge is 0.256 e. The van der Waals surface area contributed by atoms with Crippen molar-refractivity contribution in [3.05, 3.63) is 83.7 Å². The Morgan fingerprint density at radius 1 is 0.939 bits per heavy atom. The van der Waals surface area contributed by atoms with Gasteiger partial charge in [-0.1, -0.05) is 36.4 Å². The molecule has 1 aliphatic carbocycles. The molecule has 1 aliphatic heterocycles. The van der Waals surface area contributed by atoms with Crippen molar-refractivity contribution < 1.29 is 18.8 Å². The molecule has 6 N–H and O–H groups in total. The molecule has 4 aromatic rings. The van der Waals surface area contributed by atoms with Gasteiger partial charge in [-0.05, 0) is 84.8 Å². The van der Waals surface area contributed by atoms with Gasteiger partial charge in [0.15, 0.2) is 0 Å². The molecule has 0 spiro atoms. The fourth-order valence-corrected chi connectivity index (χ4v) is 6.39. The molecule has 49 heavy (non-hydrogen) atoms. The number of halogens is 2. The second-order valence-corrected chi connectivity index (χ2v) is 12.4. The van der Waals surface area contributed by atoms with E-state index in [1.54, 1.807) is 53.4 Å². The Hall–Kier alpha value is -4.72. The van der Waals surface area contributed by atoms with Crippen LogP contribution in [0, 0.1) is 17.7 Å². The lowest BCUT2D eigenvalue weighted by atomic mass is 9.81. The summed E-state index contributed by atoms with van der Waals surface area (Å²) >= 11 is 0. The number of nitrogens with zero attached hydrogens (tertiary/aromatic N) is 4. The SMILES string of the molecule is Cl.NC[C@H]1CC[C@H](C(=O)N[C@@H](Cc2ccc(-c3cccc(C(=O)N4CCNCC4)c3F)cc2)C(=O)Nc2ccc(-c3nn[nH]n3)cc2)CC1. The molecule has 1 aromatic heterocycles. The van der Waals surface area contributed by atoms with Crippen LogP contribution in [-0.4, -0.2) is 82.0 Å². The van der Waals surface area contributed by atoms with Gasteiger partial charge in [-0.25, -0.2) is 4.39 Å². The summed E-state index contributed by atoms with van der Waals surface area (Å²) in [4.78, 5) is 41.7. The molecule has 6 rings (SSSR count). The first kappa shape index (κ1) is 35.6. The van der Waals surface area contributed by atoms with Crippen LogP contribution < -0.4 is 21.7 Å². The predicted octanol–water partition coefficient (Wildman–Crippen LogP) is 3.57. The number of hydrogen-bond acceptors (Lipinski definition) is 8. The van der Waals surface area contributed by atoms with Gasteiger partial charge >= 0.3 is 0 Å². The Labute approximate surface area is 290 Å². The third kappa shape index (κ3) is 8.66. The van der Waals surface area contributed by atoms with Crippen LogP contribution in [0.4, 0.5) is 10.1 Å². The molecule has 1 atom stereocenters. The van der Waals surface area contributed by atoms with E-state index in [1.807, 2.05) is 12.1 Å². The van der Waals surface area contributed by atoms with E-state index < -0.39 is 11.9 Å². The van der Waals surface area contributed by atoms with Crippen LogP contribution in [0.2, 0.25) is 0 Å². The summed E-state index contributed by atoms with van der Waals surface area (Å²) in [6, 6.07) is 18.2. The summed E-state index contributed by atoms with van der Waals surface area (Å²) in [5.74, 6) is -0.718. The van der Waals surface area contributed by atoms with E-state index in [9.17, 15) is 14.4 Å². The van der Waals surface area contributed by atoms with Gasteiger partial charge in [0, 0.05) is 55.3 Å². The van der Waals surface area contributed by atoms with Crippen LogP contribution >= 0.6 is 12.4 Å². The van der Waals surface area contributed by atoms with Crippen LogP contribution in [0.1, 0.15) is 41.6 Å². The number of hydrogen-bond donors (Lipinski definition) is 5. The van der Waals surface area contributed by atoms with E-state index >= 15 is 4.39 Å². The summed E-state index contributed by atoms with van der Waals surface area (Å²) in [5, 5.41) is 23.1. The third-order valence-corrected chi connectivity index (χ3v) is 9.28. The number of amides is 3. The van der Waals surface area contributed by atoms with Crippen molar-refractivity contribution in [2.75, 3.05) is 38.0 Å². The molecule has 1 saturated carbocycles. The largest absolute Gasteiger partial charge is 0.344 e. The van der Waals surface area contributed by atoms with Gasteiger partial charge in [-0.3, -0.25) is 14.4 Å². The molecular weight excluding hydrogens is 649 g/mol. The Balaban J connectivity index is 0.00000468. The monoisotopic (exact) mass is 689 g/mol. The van der Waals surface area contributed by atoms with E-state index in [0.717, 1.165) is 36.8 Å². The van der Waals surface area contributed by atoms with Crippen LogP contribution in [0.5, 0.6) is 0 Å². The lowest BCUT2D eigenvalue weighted by Gasteiger charge is -2.28. The number of piperazine rings is 1. The molecule has 0 unspecified atom stereocenters. The molecular formula is C35H41ClFN9O3. The van der Waals surface area contributed by atoms with Gasteiger partial charge in [0.05, 0.1) is 5.56 Å². The summed E-state index contributed by atoms with van der Waals surface area (Å²) in [7, 11) is 0. The number of anilines is 1. The second kappa shape index (κ2) is 16.6. The molecule has 14 heteroatoms. The van der Waals surface area contributed by atoms with Crippen molar-refractivity contribution in [2.24, 2.45) is 17.6 Å². The highest BCUT2D eigenvalue weighted by atomic mass is 35.5. The number of aromatic amines is 1. The number of H-pyrrole nitrogens is 1. The first-order valence-corrected chi connectivity index (χ1v) is 16.4. The molecule has 12 nitrogen and oxygen atoms in total. The van der Waals surface area contributed by atoms with Crippen LogP contribution in [-0.2, 0) is 16.0 Å². The van der Waals surface area contributed by atoms with Crippen LogP contribution in [0.15, 0.2) is 66.7 Å². The topological polar surface area (TPSA) is 171 Å². The molecule has 2 fully saturated rings. The number of rotatable bonds is 10. The molecule has 2 heterocycles. The summed E-state index contributed by atoms with van der Waals surface area (Å²) < 4.78 is 15.7. The Bertz CT molecular complexity index is 1710. The van der Waals surface area contributed by atoms with Gasteiger partial charge in [0.2, 0.25) is 17.6 Å². The first-order chi connectivity index (χ1) is 23.4. The Morgan fingerprint density at radius 3 is 2.29 bits per heavy atom. The summed E-state index contributed by atoms with van der Waals surface area (Å²) in [6.07, 6.45) is 3.46. The Kier molecular flexibility index (Phi) is 12.1. The van der Waals surface area contributed by atoms with Gasteiger partial charge in [0.1, 0.15) is 11.9 Å². The van der Waals surface area contributed by atoms with E-state index in [-0.39, 0.29) is 48.0 Å². The van der Waals surface area contributed by atoms with E-state index in [2.05, 4.69) is 36.6 Å². The maximum atomic E-state index is 15.7. The third-order valence-electron chi connectivity index (χ3n) is 9.28. The Morgan fingerprint density at radius 2 is 1.63 bits per heavy atom. The maximum Gasteiger partial charge on any atom is 0.256 e. The van der Waals surface area contributed by atoms with Crippen molar-refractivity contribution in [2.45, 2.75) is 38.1 Å². The van der Waals surface area contributed by atoms with Gasteiger partial charge in [0.25, 0.3) is 5.91 Å². The van der Waals surface area contributed by atoms with Gasteiger partial charge in [-0.2, -0.15) is 5.21 Å². The zero-order chi connectivity index (χ0) is 33.5. The number of aromatic nitrogens is 4. The zero-order valence-corrected chi connectivity index (χ0v) is 27.8. The second-order valence-electron chi connectivity index (χ2n) is 12.4. The van der Waals surface area contributed by atoms with Crippen molar-refractivity contribution >= 4 is 35.8 Å². The molecule has 1 saturated heterocycles. The lowest BCUT2D eigenvalue weighted by Crippen LogP contribution is -2.48. The highest BCUT2D eigenvalue weighted by Crippen LogP contribution is 2.29. The highest BCUT2D eigenvalue weighted by Gasteiger charge is 2.30. The van der Waals surface area contributed by atoms with Crippen molar-refractivity contribution in [3.63, 3.8) is 0 Å². The standard InChI is InChI=1S/C35H40FN9O3.ClH/c36-31-28(2-1-3-29(31)35(48)45-18-16-38-17-19-45)24-8-4-22(5-9-24)20-30(40-33(46)26-10-6-23(21-37)7-11-26)34(47)39-27-14-12-25(13-15-27)32-41-43-44-42-32;/h1-5,8-9,12-15,23,26,30,38H,6-7,10-11,16-21,37H2,(H,39,47)(H,40,46)(H,41,42,43,44);1H/t23-,26-,30-;/m0./s1. The van der Waals surface area contributed by atoms with Gasteiger partial charge in [-0.15, -0.1) is 22.6 Å². The summed E-state index contributed by atoms with van der Waals surface area (Å²) in [6.45, 7) is 3.03. The minimum Gasteiger partial charge on any atom is -0.344 e. The maximum absolute atomic E-state index is 15.7. The average Bonchev–Trinajstić information content (AvgIpc) is 3.68. The number of carbonyl (C=O) groups excluding carboxylic acids is 3. The van der Waals surface area contributed by atoms with E-state index in [1.165, 1.54) is 6.07 Å².